The van der Waals surface area contributed by atoms with E-state index in [0.29, 0.717) is 37.2 Å². The summed E-state index contributed by atoms with van der Waals surface area (Å²) in [6, 6.07) is 9.69. The Balaban J connectivity index is 2.00. The van der Waals surface area contributed by atoms with Gasteiger partial charge in [-0.2, -0.15) is 0 Å². The van der Waals surface area contributed by atoms with E-state index >= 15 is 0 Å². The molecule has 2 amide bonds. The highest BCUT2D eigenvalue weighted by Crippen LogP contribution is 2.12. The van der Waals surface area contributed by atoms with Crippen LogP contribution in [0.2, 0.25) is 0 Å². The molecule has 0 aliphatic heterocycles. The first-order valence-electron chi connectivity index (χ1n) is 10.4. The van der Waals surface area contributed by atoms with E-state index in [1.807, 2.05) is 30.3 Å². The van der Waals surface area contributed by atoms with Crippen molar-refractivity contribution in [3.63, 3.8) is 0 Å². The molecule has 0 saturated heterocycles. The van der Waals surface area contributed by atoms with Crippen LogP contribution in [0.15, 0.2) is 41.0 Å². The molecule has 6 nitrogen and oxygen atoms in total. The lowest BCUT2D eigenvalue weighted by molar-refractivity contribution is -0.131. The fraction of sp³-hybridized carbons (Fsp3) is 0.522. The SMILES string of the molecule is CC(C)CCNC(=O)c1coc(CN(CCC(C)C)C(=O)Cc2ccccc2)n1. The summed E-state index contributed by atoms with van der Waals surface area (Å²) in [5.74, 6) is 1.16. The molecular weight excluding hydrogens is 366 g/mol. The molecule has 2 aromatic rings. The molecule has 1 aromatic carbocycles. The van der Waals surface area contributed by atoms with Crippen LogP contribution in [0.1, 0.15) is 62.5 Å². The number of carbonyl (C=O) groups excluding carboxylic acids is 2. The highest BCUT2D eigenvalue weighted by Gasteiger charge is 2.19. The van der Waals surface area contributed by atoms with Crippen molar-refractivity contribution < 1.29 is 14.0 Å². The third kappa shape index (κ3) is 8.10. The van der Waals surface area contributed by atoms with Crippen LogP contribution in [0.25, 0.3) is 0 Å². The van der Waals surface area contributed by atoms with E-state index in [2.05, 4.69) is 38.0 Å². The van der Waals surface area contributed by atoms with Crippen molar-refractivity contribution in [1.29, 1.82) is 0 Å². The van der Waals surface area contributed by atoms with Crippen molar-refractivity contribution >= 4 is 11.8 Å². The van der Waals surface area contributed by atoms with Gasteiger partial charge in [-0.25, -0.2) is 4.98 Å². The third-order valence-electron chi connectivity index (χ3n) is 4.64. The normalized spacial score (nSPS) is 11.1. The van der Waals surface area contributed by atoms with E-state index < -0.39 is 0 Å². The number of nitrogens with one attached hydrogen (secondary N) is 1. The van der Waals surface area contributed by atoms with Crippen LogP contribution in [0.4, 0.5) is 0 Å². The highest BCUT2D eigenvalue weighted by molar-refractivity contribution is 5.91. The smallest absolute Gasteiger partial charge is 0.273 e. The van der Waals surface area contributed by atoms with E-state index in [0.717, 1.165) is 18.4 Å². The topological polar surface area (TPSA) is 75.4 Å². The molecule has 0 aliphatic carbocycles. The van der Waals surface area contributed by atoms with Gasteiger partial charge in [0, 0.05) is 13.1 Å². The minimum Gasteiger partial charge on any atom is -0.446 e. The van der Waals surface area contributed by atoms with Crippen LogP contribution in [0, 0.1) is 11.8 Å². The van der Waals surface area contributed by atoms with E-state index in [1.165, 1.54) is 6.26 Å². The molecule has 158 valence electrons. The predicted molar refractivity (Wildman–Crippen MR) is 113 cm³/mol. The zero-order valence-electron chi connectivity index (χ0n) is 18.0. The largest absolute Gasteiger partial charge is 0.446 e. The number of benzene rings is 1. The van der Waals surface area contributed by atoms with Crippen LogP contribution in [0.5, 0.6) is 0 Å². The lowest BCUT2D eigenvalue weighted by Gasteiger charge is -2.22. The Morgan fingerprint density at radius 1 is 1.07 bits per heavy atom. The number of oxazole rings is 1. The summed E-state index contributed by atoms with van der Waals surface area (Å²) in [5, 5.41) is 2.85. The lowest BCUT2D eigenvalue weighted by Crippen LogP contribution is -2.33. The summed E-state index contributed by atoms with van der Waals surface area (Å²) < 4.78 is 5.49. The summed E-state index contributed by atoms with van der Waals surface area (Å²) in [6.07, 6.45) is 3.50. The van der Waals surface area contributed by atoms with E-state index in [-0.39, 0.29) is 24.1 Å². The van der Waals surface area contributed by atoms with Crippen LogP contribution < -0.4 is 5.32 Å². The summed E-state index contributed by atoms with van der Waals surface area (Å²) in [6.45, 7) is 9.97. The van der Waals surface area contributed by atoms with Gasteiger partial charge >= 0.3 is 0 Å². The predicted octanol–water partition coefficient (Wildman–Crippen LogP) is 4.07. The number of hydrogen-bond donors (Lipinski definition) is 1. The molecule has 1 N–H and O–H groups in total. The van der Waals surface area contributed by atoms with Gasteiger partial charge < -0.3 is 14.6 Å². The minimum absolute atomic E-state index is 0.0259. The maximum absolute atomic E-state index is 12.9. The molecule has 0 fully saturated rings. The van der Waals surface area contributed by atoms with Gasteiger partial charge in [-0.3, -0.25) is 9.59 Å². The Labute approximate surface area is 173 Å². The first-order chi connectivity index (χ1) is 13.8. The van der Waals surface area contributed by atoms with Crippen LogP contribution in [-0.4, -0.2) is 34.8 Å². The highest BCUT2D eigenvalue weighted by atomic mass is 16.3. The molecule has 0 saturated carbocycles. The lowest BCUT2D eigenvalue weighted by atomic mass is 10.1. The number of amides is 2. The average Bonchev–Trinajstić information content (AvgIpc) is 3.14. The summed E-state index contributed by atoms with van der Waals surface area (Å²) in [7, 11) is 0. The standard InChI is InChI=1S/C23H33N3O3/c1-17(2)10-12-24-23(28)20-16-29-21(25-20)15-26(13-11-18(3)4)22(27)14-19-8-6-5-7-9-19/h5-9,16-18H,10-15H2,1-4H3,(H,24,28). The van der Waals surface area contributed by atoms with E-state index in [9.17, 15) is 9.59 Å². The molecular formula is C23H33N3O3. The Morgan fingerprint density at radius 2 is 1.76 bits per heavy atom. The zero-order chi connectivity index (χ0) is 21.2. The second-order valence-electron chi connectivity index (χ2n) is 8.23. The van der Waals surface area contributed by atoms with Gasteiger partial charge in [0.2, 0.25) is 11.8 Å². The van der Waals surface area contributed by atoms with Gasteiger partial charge in [0.05, 0.1) is 13.0 Å². The van der Waals surface area contributed by atoms with Crippen LogP contribution in [-0.2, 0) is 17.8 Å². The summed E-state index contributed by atoms with van der Waals surface area (Å²) in [5.41, 5.74) is 1.23. The van der Waals surface area contributed by atoms with Crippen LogP contribution >= 0.6 is 0 Å². The Bertz CT molecular complexity index is 769. The average molecular weight is 400 g/mol. The number of hydrogen-bond acceptors (Lipinski definition) is 4. The van der Waals surface area contributed by atoms with Crippen molar-refractivity contribution in [2.24, 2.45) is 11.8 Å². The minimum atomic E-state index is -0.245. The zero-order valence-corrected chi connectivity index (χ0v) is 18.0. The van der Waals surface area contributed by atoms with Gasteiger partial charge in [-0.15, -0.1) is 0 Å². The number of carbonyl (C=O) groups is 2. The summed E-state index contributed by atoms with van der Waals surface area (Å²) in [4.78, 5) is 31.1. The molecule has 0 spiro atoms. The molecule has 0 aliphatic rings. The molecule has 0 bridgehead atoms. The second-order valence-corrected chi connectivity index (χ2v) is 8.23. The fourth-order valence-electron chi connectivity index (χ4n) is 2.80. The Morgan fingerprint density at radius 3 is 2.41 bits per heavy atom. The van der Waals surface area contributed by atoms with Crippen molar-refractivity contribution in [1.82, 2.24) is 15.2 Å². The van der Waals surface area contributed by atoms with Crippen molar-refractivity contribution in [3.8, 4) is 0 Å². The molecule has 0 unspecified atom stereocenters. The fourth-order valence-corrected chi connectivity index (χ4v) is 2.80. The molecule has 6 heteroatoms. The first kappa shape index (κ1) is 22.7. The maximum Gasteiger partial charge on any atom is 0.273 e. The van der Waals surface area contributed by atoms with Gasteiger partial charge in [0.1, 0.15) is 6.26 Å². The Kier molecular flexibility index (Phi) is 8.90. The molecule has 1 heterocycles. The molecule has 0 radical (unpaired) electrons. The molecule has 29 heavy (non-hydrogen) atoms. The number of aromatic nitrogens is 1. The van der Waals surface area contributed by atoms with Crippen molar-refractivity contribution in [3.05, 3.63) is 53.7 Å². The number of nitrogens with zero attached hydrogens (tertiary/aromatic N) is 2. The van der Waals surface area contributed by atoms with E-state index in [1.54, 1.807) is 4.90 Å². The second kappa shape index (κ2) is 11.4. The van der Waals surface area contributed by atoms with Crippen LogP contribution in [0.3, 0.4) is 0 Å². The molecule has 0 atom stereocenters. The van der Waals surface area contributed by atoms with Crippen molar-refractivity contribution in [2.75, 3.05) is 13.1 Å². The van der Waals surface area contributed by atoms with Crippen molar-refractivity contribution in [2.45, 2.75) is 53.5 Å². The number of rotatable bonds is 11. The molecule has 2 rings (SSSR count). The van der Waals surface area contributed by atoms with Gasteiger partial charge in [-0.1, -0.05) is 58.0 Å². The van der Waals surface area contributed by atoms with Gasteiger partial charge in [0.15, 0.2) is 5.69 Å². The van der Waals surface area contributed by atoms with E-state index in [4.69, 9.17) is 4.42 Å². The summed E-state index contributed by atoms with van der Waals surface area (Å²) >= 11 is 0. The van der Waals surface area contributed by atoms with Gasteiger partial charge in [-0.05, 0) is 30.2 Å². The molecule has 1 aromatic heterocycles. The Hall–Kier alpha value is -2.63. The first-order valence-corrected chi connectivity index (χ1v) is 10.4. The maximum atomic E-state index is 12.9. The van der Waals surface area contributed by atoms with Gasteiger partial charge in [0.25, 0.3) is 5.91 Å². The quantitative estimate of drug-likeness (QED) is 0.618. The monoisotopic (exact) mass is 399 g/mol. The third-order valence-corrected chi connectivity index (χ3v) is 4.64.